The number of anilines is 1. The van der Waals surface area contributed by atoms with E-state index in [1.807, 2.05) is 24.3 Å². The van der Waals surface area contributed by atoms with E-state index < -0.39 is 0 Å². The molecule has 1 heterocycles. The first-order valence-electron chi connectivity index (χ1n) is 8.08. The highest BCUT2D eigenvalue weighted by atomic mass is 35.5. The van der Waals surface area contributed by atoms with Gasteiger partial charge >= 0.3 is 0 Å². The van der Waals surface area contributed by atoms with Gasteiger partial charge < -0.3 is 10.2 Å². The van der Waals surface area contributed by atoms with E-state index in [1.54, 1.807) is 29.2 Å². The Morgan fingerprint density at radius 3 is 2.28 bits per heavy atom. The molecule has 2 amide bonds. The van der Waals surface area contributed by atoms with Gasteiger partial charge in [0.2, 0.25) is 11.8 Å². The molecule has 3 rings (SSSR count). The lowest BCUT2D eigenvalue weighted by molar-refractivity contribution is -0.121. The fourth-order valence-electron chi connectivity index (χ4n) is 2.90. The van der Waals surface area contributed by atoms with Crippen molar-refractivity contribution in [1.29, 1.82) is 0 Å². The number of halogens is 2. The molecule has 4 nitrogen and oxygen atoms in total. The number of hydrogen-bond donors (Lipinski definition) is 1. The number of hydrogen-bond acceptors (Lipinski definition) is 2. The zero-order valence-electron chi connectivity index (χ0n) is 13.5. The summed E-state index contributed by atoms with van der Waals surface area (Å²) in [5.74, 6) is 0.122. The lowest BCUT2D eigenvalue weighted by atomic mass is 10.1. The van der Waals surface area contributed by atoms with Crippen molar-refractivity contribution < 1.29 is 9.59 Å². The van der Waals surface area contributed by atoms with Crippen LogP contribution in [-0.4, -0.2) is 24.9 Å². The molecule has 1 aliphatic rings. The third-order valence-electron chi connectivity index (χ3n) is 4.21. The van der Waals surface area contributed by atoms with Gasteiger partial charge in [-0.2, -0.15) is 0 Å². The van der Waals surface area contributed by atoms with Crippen molar-refractivity contribution in [3.05, 3.63) is 64.1 Å². The number of nitrogens with one attached hydrogen (secondary N) is 1. The zero-order valence-corrected chi connectivity index (χ0v) is 15.1. The third-order valence-corrected chi connectivity index (χ3v) is 4.71. The van der Waals surface area contributed by atoms with E-state index in [1.165, 1.54) is 0 Å². The van der Waals surface area contributed by atoms with Crippen molar-refractivity contribution in [2.24, 2.45) is 5.92 Å². The first kappa shape index (κ1) is 17.8. The maximum Gasteiger partial charge on any atom is 0.227 e. The molecular weight excluding hydrogens is 359 g/mol. The fraction of sp³-hybridized carbons (Fsp3) is 0.263. The molecule has 0 radical (unpaired) electrons. The predicted octanol–water partition coefficient (Wildman–Crippen LogP) is 3.71. The van der Waals surface area contributed by atoms with Gasteiger partial charge in [0.1, 0.15) is 0 Å². The van der Waals surface area contributed by atoms with E-state index in [0.29, 0.717) is 36.0 Å². The molecule has 0 spiro atoms. The number of nitrogens with zero attached hydrogens (tertiary/aromatic N) is 1. The number of benzene rings is 2. The molecule has 2 aromatic carbocycles. The fourth-order valence-corrected chi connectivity index (χ4v) is 3.15. The van der Waals surface area contributed by atoms with Crippen molar-refractivity contribution in [1.82, 2.24) is 5.32 Å². The van der Waals surface area contributed by atoms with Crippen LogP contribution in [-0.2, 0) is 16.0 Å². The van der Waals surface area contributed by atoms with Crippen molar-refractivity contribution in [3.8, 4) is 0 Å². The van der Waals surface area contributed by atoms with Crippen LogP contribution in [0.5, 0.6) is 0 Å². The van der Waals surface area contributed by atoms with Gasteiger partial charge in [-0.1, -0.05) is 35.3 Å². The summed E-state index contributed by atoms with van der Waals surface area (Å²) >= 11 is 11.7. The quantitative estimate of drug-likeness (QED) is 0.864. The smallest absolute Gasteiger partial charge is 0.227 e. The Morgan fingerprint density at radius 1 is 1.04 bits per heavy atom. The number of amides is 2. The van der Waals surface area contributed by atoms with Crippen molar-refractivity contribution in [2.75, 3.05) is 18.0 Å². The summed E-state index contributed by atoms with van der Waals surface area (Å²) in [5.41, 5.74) is 1.75. The summed E-state index contributed by atoms with van der Waals surface area (Å²) in [4.78, 5) is 26.0. The van der Waals surface area contributed by atoms with Crippen LogP contribution >= 0.6 is 23.2 Å². The van der Waals surface area contributed by atoms with Gasteiger partial charge in [-0.05, 0) is 42.0 Å². The maximum atomic E-state index is 12.2. The molecule has 1 unspecified atom stereocenters. The average molecular weight is 377 g/mol. The van der Waals surface area contributed by atoms with Gasteiger partial charge in [0.05, 0.1) is 6.42 Å². The SMILES string of the molecule is O=C(Cc1ccc(Cl)cc1)NCC1CC(=O)N(c2ccc(Cl)cc2)C1. The highest BCUT2D eigenvalue weighted by Crippen LogP contribution is 2.26. The van der Waals surface area contributed by atoms with Crippen molar-refractivity contribution in [2.45, 2.75) is 12.8 Å². The predicted molar refractivity (Wildman–Crippen MR) is 100 cm³/mol. The summed E-state index contributed by atoms with van der Waals surface area (Å²) in [7, 11) is 0. The second-order valence-electron chi connectivity index (χ2n) is 6.16. The van der Waals surface area contributed by atoms with E-state index in [0.717, 1.165) is 11.3 Å². The molecule has 2 aromatic rings. The second kappa shape index (κ2) is 7.89. The standard InChI is InChI=1S/C19H18Cl2N2O2/c20-15-3-1-13(2-4-15)9-18(24)22-11-14-10-19(25)23(12-14)17-7-5-16(21)6-8-17/h1-8,14H,9-12H2,(H,22,24). The third kappa shape index (κ3) is 4.74. The van der Waals surface area contributed by atoms with Gasteiger partial charge in [-0.15, -0.1) is 0 Å². The molecule has 6 heteroatoms. The minimum Gasteiger partial charge on any atom is -0.355 e. The largest absolute Gasteiger partial charge is 0.355 e. The Balaban J connectivity index is 1.50. The van der Waals surface area contributed by atoms with E-state index >= 15 is 0 Å². The van der Waals surface area contributed by atoms with Crippen LogP contribution in [0, 0.1) is 5.92 Å². The normalized spacial score (nSPS) is 17.0. The van der Waals surface area contributed by atoms with E-state index in [4.69, 9.17) is 23.2 Å². The molecule has 1 atom stereocenters. The minimum atomic E-state index is -0.0558. The van der Waals surface area contributed by atoms with E-state index in [9.17, 15) is 9.59 Å². The molecule has 1 aliphatic heterocycles. The first-order valence-corrected chi connectivity index (χ1v) is 8.84. The molecule has 0 bridgehead atoms. The molecule has 0 aliphatic carbocycles. The Labute approximate surface area is 156 Å². The maximum absolute atomic E-state index is 12.2. The highest BCUT2D eigenvalue weighted by Gasteiger charge is 2.30. The van der Waals surface area contributed by atoms with Gasteiger partial charge in [-0.3, -0.25) is 9.59 Å². The number of carbonyl (C=O) groups is 2. The van der Waals surface area contributed by atoms with Crippen LogP contribution < -0.4 is 10.2 Å². The van der Waals surface area contributed by atoms with Crippen molar-refractivity contribution >= 4 is 40.7 Å². The number of carbonyl (C=O) groups excluding carboxylic acids is 2. The monoisotopic (exact) mass is 376 g/mol. The van der Waals surface area contributed by atoms with Crippen LogP contribution in [0.3, 0.4) is 0 Å². The van der Waals surface area contributed by atoms with Crippen LogP contribution in [0.25, 0.3) is 0 Å². The summed E-state index contributed by atoms with van der Waals surface area (Å²) in [6.45, 7) is 1.09. The van der Waals surface area contributed by atoms with Crippen LogP contribution in [0.15, 0.2) is 48.5 Å². The zero-order chi connectivity index (χ0) is 17.8. The molecule has 130 valence electrons. The number of rotatable bonds is 5. The first-order chi connectivity index (χ1) is 12.0. The molecule has 0 saturated carbocycles. The summed E-state index contributed by atoms with van der Waals surface area (Å²) in [6.07, 6.45) is 0.739. The topological polar surface area (TPSA) is 49.4 Å². The molecule has 0 aromatic heterocycles. The lowest BCUT2D eigenvalue weighted by Gasteiger charge is -2.17. The lowest BCUT2D eigenvalue weighted by Crippen LogP contribution is -2.32. The van der Waals surface area contributed by atoms with Crippen LogP contribution in [0.1, 0.15) is 12.0 Å². The summed E-state index contributed by atoms with van der Waals surface area (Å²) in [5, 5.41) is 4.21. The Morgan fingerprint density at radius 2 is 1.64 bits per heavy atom. The summed E-state index contributed by atoms with van der Waals surface area (Å²) < 4.78 is 0. The van der Waals surface area contributed by atoms with Gasteiger partial charge in [-0.25, -0.2) is 0 Å². The second-order valence-corrected chi connectivity index (χ2v) is 7.03. The summed E-state index contributed by atoms with van der Waals surface area (Å²) in [6, 6.07) is 14.4. The Kier molecular flexibility index (Phi) is 5.61. The average Bonchev–Trinajstić information content (AvgIpc) is 2.97. The highest BCUT2D eigenvalue weighted by molar-refractivity contribution is 6.30. The van der Waals surface area contributed by atoms with Gasteiger partial charge in [0.25, 0.3) is 0 Å². The molecule has 1 fully saturated rings. The molecule has 1 saturated heterocycles. The van der Waals surface area contributed by atoms with Crippen LogP contribution in [0.4, 0.5) is 5.69 Å². The molecule has 25 heavy (non-hydrogen) atoms. The van der Waals surface area contributed by atoms with Crippen molar-refractivity contribution in [3.63, 3.8) is 0 Å². The van der Waals surface area contributed by atoms with E-state index in [2.05, 4.69) is 5.32 Å². The van der Waals surface area contributed by atoms with Gasteiger partial charge in [0.15, 0.2) is 0 Å². The van der Waals surface area contributed by atoms with Crippen LogP contribution in [0.2, 0.25) is 10.0 Å². The minimum absolute atomic E-state index is 0.0558. The van der Waals surface area contributed by atoms with E-state index in [-0.39, 0.29) is 17.7 Å². The van der Waals surface area contributed by atoms with Gasteiger partial charge in [0, 0.05) is 41.2 Å². The molecular formula is C19H18Cl2N2O2. The molecule has 1 N–H and O–H groups in total. The Bertz CT molecular complexity index is 760. The Hall–Kier alpha value is -2.04.